The molecule has 3 heterocycles. The van der Waals surface area contributed by atoms with Gasteiger partial charge in [0, 0.05) is 11.0 Å². The minimum atomic E-state index is -1.30. The summed E-state index contributed by atoms with van der Waals surface area (Å²) in [5, 5.41) is 23.1. The van der Waals surface area contributed by atoms with Gasteiger partial charge in [-0.15, -0.1) is 0 Å². The van der Waals surface area contributed by atoms with Gasteiger partial charge in [-0.2, -0.15) is 0 Å². The summed E-state index contributed by atoms with van der Waals surface area (Å²) in [4.78, 5) is 12.0. The van der Waals surface area contributed by atoms with Crippen LogP contribution in [-0.4, -0.2) is 57.9 Å². The Morgan fingerprint density at radius 3 is 2.69 bits per heavy atom. The van der Waals surface area contributed by atoms with Gasteiger partial charge >= 0.3 is 5.97 Å². The molecule has 6 aliphatic rings. The summed E-state index contributed by atoms with van der Waals surface area (Å²) in [6.45, 7) is 6.61. The lowest BCUT2D eigenvalue weighted by atomic mass is 9.45. The molecule has 8 unspecified atom stereocenters. The fourth-order valence-corrected chi connectivity index (χ4v) is 7.39. The Morgan fingerprint density at radius 1 is 1.19 bits per heavy atom. The Bertz CT molecular complexity index is 774. The molecular weight excluding hydrogens is 336 g/mol. The number of rotatable bonds is 1. The first kappa shape index (κ1) is 16.0. The van der Waals surface area contributed by atoms with Crippen molar-refractivity contribution >= 4 is 5.97 Å². The van der Waals surface area contributed by atoms with Crippen LogP contribution in [0.4, 0.5) is 0 Å². The van der Waals surface area contributed by atoms with Crippen molar-refractivity contribution in [1.82, 2.24) is 0 Å². The quantitative estimate of drug-likeness (QED) is 0.536. The Hall–Kier alpha value is -0.950. The first-order valence-electron chi connectivity index (χ1n) is 9.89. The largest absolute Gasteiger partial charge is 0.458 e. The molecule has 6 rings (SSSR count). The molecule has 6 nitrogen and oxygen atoms in total. The van der Waals surface area contributed by atoms with Crippen LogP contribution in [0.1, 0.15) is 46.5 Å². The van der Waals surface area contributed by atoms with Crippen molar-refractivity contribution < 1.29 is 29.2 Å². The van der Waals surface area contributed by atoms with Crippen LogP contribution in [0, 0.1) is 17.3 Å². The molecule has 1 spiro atoms. The van der Waals surface area contributed by atoms with Crippen molar-refractivity contribution in [3.63, 3.8) is 0 Å². The Balaban J connectivity index is 1.48. The molecule has 0 amide bonds. The molecular formula is C20H26O6. The van der Waals surface area contributed by atoms with Gasteiger partial charge in [0.15, 0.2) is 0 Å². The molecule has 0 bridgehead atoms. The molecule has 3 aliphatic carbocycles. The van der Waals surface area contributed by atoms with Gasteiger partial charge < -0.3 is 24.4 Å². The number of aliphatic hydroxyl groups is 2. The lowest BCUT2D eigenvalue weighted by Gasteiger charge is -2.59. The van der Waals surface area contributed by atoms with Crippen LogP contribution in [0.2, 0.25) is 0 Å². The first-order chi connectivity index (χ1) is 12.2. The van der Waals surface area contributed by atoms with Crippen molar-refractivity contribution in [3.8, 4) is 0 Å². The zero-order chi connectivity index (χ0) is 18.3. The Morgan fingerprint density at radius 2 is 1.96 bits per heavy atom. The van der Waals surface area contributed by atoms with E-state index in [1.165, 1.54) is 0 Å². The van der Waals surface area contributed by atoms with E-state index < -0.39 is 22.9 Å². The van der Waals surface area contributed by atoms with E-state index in [0.29, 0.717) is 19.4 Å². The molecule has 0 radical (unpaired) electrons. The molecule has 26 heavy (non-hydrogen) atoms. The third-order valence-electron chi connectivity index (χ3n) is 8.81. The van der Waals surface area contributed by atoms with Crippen molar-refractivity contribution in [2.45, 2.75) is 81.6 Å². The molecule has 2 saturated heterocycles. The minimum Gasteiger partial charge on any atom is -0.458 e. The van der Waals surface area contributed by atoms with Crippen molar-refractivity contribution in [2.24, 2.45) is 17.3 Å². The average Bonchev–Trinajstić information content (AvgIpc) is 3.46. The lowest BCUT2D eigenvalue weighted by molar-refractivity contribution is -0.217. The second kappa shape index (κ2) is 4.22. The van der Waals surface area contributed by atoms with Gasteiger partial charge in [0.1, 0.15) is 41.7 Å². The molecule has 2 saturated carbocycles. The smallest absolute Gasteiger partial charge is 0.334 e. The summed E-state index contributed by atoms with van der Waals surface area (Å²) in [5.74, 6) is 0.0860. The lowest BCUT2D eigenvalue weighted by Crippen LogP contribution is -2.73. The summed E-state index contributed by atoms with van der Waals surface area (Å²) in [7, 11) is 0. The highest BCUT2D eigenvalue weighted by atomic mass is 16.7. The molecule has 0 aromatic heterocycles. The van der Waals surface area contributed by atoms with Crippen molar-refractivity contribution in [2.75, 3.05) is 6.61 Å². The van der Waals surface area contributed by atoms with Crippen molar-refractivity contribution in [3.05, 3.63) is 11.1 Å². The van der Waals surface area contributed by atoms with E-state index in [9.17, 15) is 15.0 Å². The molecule has 4 fully saturated rings. The van der Waals surface area contributed by atoms with Crippen LogP contribution >= 0.6 is 0 Å². The normalized spacial score (nSPS) is 59.1. The van der Waals surface area contributed by atoms with Gasteiger partial charge in [-0.1, -0.05) is 20.8 Å². The zero-order valence-corrected chi connectivity index (χ0v) is 15.4. The molecule has 2 N–H and O–H groups in total. The SMILES string of the molecule is CC(C)C12OC1C1OC13C1(C)CCC4=C(COC4=O)C1CCC3(O)C2O. The van der Waals surface area contributed by atoms with E-state index in [1.54, 1.807) is 0 Å². The Kier molecular flexibility index (Phi) is 2.60. The van der Waals surface area contributed by atoms with Gasteiger partial charge in [-0.3, -0.25) is 0 Å². The maximum Gasteiger partial charge on any atom is 0.334 e. The molecule has 8 atom stereocenters. The molecule has 6 heteroatoms. The van der Waals surface area contributed by atoms with Gasteiger partial charge in [-0.05, 0) is 43.1 Å². The van der Waals surface area contributed by atoms with E-state index in [0.717, 1.165) is 24.0 Å². The highest BCUT2D eigenvalue weighted by Crippen LogP contribution is 2.77. The van der Waals surface area contributed by atoms with Crippen LogP contribution in [0.25, 0.3) is 0 Å². The predicted octanol–water partition coefficient (Wildman–Crippen LogP) is 1.09. The number of cyclic esters (lactones) is 1. The number of hydrogen-bond donors (Lipinski definition) is 2. The summed E-state index contributed by atoms with van der Waals surface area (Å²) in [5.41, 5.74) is -1.17. The number of ether oxygens (including phenoxy) is 3. The van der Waals surface area contributed by atoms with E-state index in [-0.39, 0.29) is 35.4 Å². The highest BCUT2D eigenvalue weighted by molar-refractivity contribution is 5.92. The third kappa shape index (κ3) is 1.32. The van der Waals surface area contributed by atoms with E-state index in [1.807, 2.05) is 13.8 Å². The van der Waals surface area contributed by atoms with Gasteiger partial charge in [0.25, 0.3) is 0 Å². The van der Waals surface area contributed by atoms with Gasteiger partial charge in [0.2, 0.25) is 0 Å². The van der Waals surface area contributed by atoms with Crippen LogP contribution in [-0.2, 0) is 19.0 Å². The third-order valence-corrected chi connectivity index (χ3v) is 8.81. The van der Waals surface area contributed by atoms with E-state index >= 15 is 0 Å². The predicted molar refractivity (Wildman–Crippen MR) is 89.1 cm³/mol. The zero-order valence-electron chi connectivity index (χ0n) is 15.4. The first-order valence-corrected chi connectivity index (χ1v) is 9.89. The fraction of sp³-hybridized carbons (Fsp3) is 0.850. The van der Waals surface area contributed by atoms with E-state index in [2.05, 4.69) is 6.92 Å². The van der Waals surface area contributed by atoms with Crippen LogP contribution in [0.3, 0.4) is 0 Å². The average molecular weight is 362 g/mol. The molecule has 3 aliphatic heterocycles. The van der Waals surface area contributed by atoms with E-state index in [4.69, 9.17) is 14.2 Å². The topological polar surface area (TPSA) is 91.8 Å². The number of aliphatic hydroxyl groups excluding tert-OH is 1. The van der Waals surface area contributed by atoms with Crippen LogP contribution in [0.15, 0.2) is 11.1 Å². The second-order valence-electron chi connectivity index (χ2n) is 9.74. The van der Waals surface area contributed by atoms with Crippen LogP contribution < -0.4 is 0 Å². The number of hydrogen-bond acceptors (Lipinski definition) is 6. The number of fused-ring (bicyclic) bond motifs is 4. The summed E-state index contributed by atoms with van der Waals surface area (Å²) in [6, 6.07) is 0. The Labute approximate surface area is 152 Å². The monoisotopic (exact) mass is 362 g/mol. The number of esters is 1. The number of carbonyl (C=O) groups excluding carboxylic acids is 1. The van der Waals surface area contributed by atoms with Gasteiger partial charge in [-0.25, -0.2) is 4.79 Å². The number of epoxide rings is 2. The maximum absolute atomic E-state index is 12.0. The van der Waals surface area contributed by atoms with Gasteiger partial charge in [0.05, 0.1) is 0 Å². The molecule has 0 aromatic carbocycles. The molecule has 0 aromatic rings. The van der Waals surface area contributed by atoms with Crippen LogP contribution in [0.5, 0.6) is 0 Å². The summed E-state index contributed by atoms with van der Waals surface area (Å²) in [6.07, 6.45) is 1.34. The second-order valence-corrected chi connectivity index (χ2v) is 9.74. The number of carbonyl (C=O) groups is 1. The molecule has 142 valence electrons. The van der Waals surface area contributed by atoms with Crippen molar-refractivity contribution in [1.29, 1.82) is 0 Å². The minimum absolute atomic E-state index is 0.112. The standard InChI is InChI=1S/C20H26O6/c1-9(2)19-13(25-19)14-20(26-14)17(3)6-4-10-11(8-24-15(10)21)12(17)5-7-18(20,23)16(19)22/h9,12-14,16,22-23H,4-8H2,1-3H3. The summed E-state index contributed by atoms with van der Waals surface area (Å²) >= 11 is 0. The highest BCUT2D eigenvalue weighted by Gasteiger charge is 2.93. The summed E-state index contributed by atoms with van der Waals surface area (Å²) < 4.78 is 17.7. The fourth-order valence-electron chi connectivity index (χ4n) is 7.39. The maximum atomic E-state index is 12.0.